The minimum atomic E-state index is -0.184. The third-order valence-corrected chi connectivity index (χ3v) is 4.61. The zero-order chi connectivity index (χ0) is 18.1. The molecule has 1 aliphatic heterocycles. The molecule has 1 heterocycles. The average Bonchev–Trinajstić information content (AvgIpc) is 2.64. The first kappa shape index (κ1) is 19.5. The van der Waals surface area contributed by atoms with Crippen molar-refractivity contribution in [2.45, 2.75) is 38.8 Å². The van der Waals surface area contributed by atoms with Crippen molar-refractivity contribution in [3.63, 3.8) is 0 Å². The number of benzene rings is 1. The first-order valence-corrected chi connectivity index (χ1v) is 8.92. The van der Waals surface area contributed by atoms with Gasteiger partial charge in [-0.2, -0.15) is 0 Å². The molecule has 0 aromatic heterocycles. The number of hydrogen-bond acceptors (Lipinski definition) is 4. The summed E-state index contributed by atoms with van der Waals surface area (Å²) in [7, 11) is 3.54. The number of methoxy groups -OCH3 is 1. The molecule has 0 saturated carbocycles. The fourth-order valence-corrected chi connectivity index (χ4v) is 2.94. The fourth-order valence-electron chi connectivity index (χ4n) is 2.94. The number of ether oxygens (including phenoxy) is 3. The third-order valence-electron chi connectivity index (χ3n) is 4.61. The van der Waals surface area contributed by atoms with Crippen molar-refractivity contribution in [1.29, 1.82) is 0 Å². The van der Waals surface area contributed by atoms with Crippen molar-refractivity contribution in [2.75, 3.05) is 40.5 Å². The molecular weight excluding hydrogens is 318 g/mol. The van der Waals surface area contributed by atoms with Gasteiger partial charge in [-0.1, -0.05) is 12.1 Å². The monoisotopic (exact) mass is 349 g/mol. The van der Waals surface area contributed by atoms with E-state index in [2.05, 4.69) is 40.7 Å². The number of nitrogens with zero attached hydrogens (tertiary/aromatic N) is 1. The minimum Gasteiger partial charge on any atom is -0.494 e. The quantitative estimate of drug-likeness (QED) is 0.584. The van der Waals surface area contributed by atoms with Gasteiger partial charge >= 0.3 is 0 Å². The smallest absolute Gasteiger partial charge is 0.191 e. The topological polar surface area (TPSA) is 64.1 Å². The molecule has 1 fully saturated rings. The molecule has 0 aliphatic carbocycles. The molecule has 1 aromatic rings. The van der Waals surface area contributed by atoms with E-state index in [9.17, 15) is 0 Å². The van der Waals surface area contributed by atoms with Crippen LogP contribution in [0.2, 0.25) is 0 Å². The van der Waals surface area contributed by atoms with Crippen LogP contribution in [0.25, 0.3) is 0 Å². The standard InChI is InChI=1S/C19H31N3O3/c1-5-25-17-12-15(2)6-7-16(17)13-21-18(20-3)22-14-19(23-4)8-10-24-11-9-19/h6-7,12H,5,8-11,13-14H2,1-4H3,(H2,20,21,22). The lowest BCUT2D eigenvalue weighted by molar-refractivity contribution is -0.0855. The zero-order valence-corrected chi connectivity index (χ0v) is 15.9. The van der Waals surface area contributed by atoms with Gasteiger partial charge in [-0.15, -0.1) is 0 Å². The molecule has 1 aliphatic rings. The Morgan fingerprint density at radius 2 is 2.04 bits per heavy atom. The Hall–Kier alpha value is -1.79. The highest BCUT2D eigenvalue weighted by molar-refractivity contribution is 5.79. The highest BCUT2D eigenvalue weighted by Gasteiger charge is 2.32. The van der Waals surface area contributed by atoms with Crippen LogP contribution < -0.4 is 15.4 Å². The van der Waals surface area contributed by atoms with Crippen molar-refractivity contribution in [3.05, 3.63) is 29.3 Å². The van der Waals surface area contributed by atoms with Gasteiger partial charge in [0.05, 0.1) is 12.2 Å². The summed E-state index contributed by atoms with van der Waals surface area (Å²) >= 11 is 0. The van der Waals surface area contributed by atoms with Crippen LogP contribution in [-0.4, -0.2) is 52.1 Å². The Kier molecular flexibility index (Phi) is 7.52. The second-order valence-corrected chi connectivity index (χ2v) is 6.32. The van der Waals surface area contributed by atoms with E-state index in [0.29, 0.717) is 19.7 Å². The number of rotatable bonds is 7. The van der Waals surface area contributed by atoms with E-state index in [-0.39, 0.29) is 5.60 Å². The van der Waals surface area contributed by atoms with Gasteiger partial charge in [0, 0.05) is 58.9 Å². The molecule has 2 rings (SSSR count). The molecule has 2 N–H and O–H groups in total. The Morgan fingerprint density at radius 1 is 1.28 bits per heavy atom. The van der Waals surface area contributed by atoms with Crippen LogP contribution in [0.3, 0.4) is 0 Å². The van der Waals surface area contributed by atoms with E-state index in [1.165, 1.54) is 5.56 Å². The molecule has 1 saturated heterocycles. The molecule has 140 valence electrons. The summed E-state index contributed by atoms with van der Waals surface area (Å²) in [5.74, 6) is 1.68. The lowest BCUT2D eigenvalue weighted by Crippen LogP contribution is -2.50. The lowest BCUT2D eigenvalue weighted by Gasteiger charge is -2.36. The maximum absolute atomic E-state index is 5.76. The molecule has 25 heavy (non-hydrogen) atoms. The Labute approximate surface area is 151 Å². The Morgan fingerprint density at radius 3 is 2.68 bits per heavy atom. The van der Waals surface area contributed by atoms with Crippen LogP contribution in [0.4, 0.5) is 0 Å². The van der Waals surface area contributed by atoms with Crippen molar-refractivity contribution >= 4 is 5.96 Å². The van der Waals surface area contributed by atoms with Crippen molar-refractivity contribution in [1.82, 2.24) is 10.6 Å². The normalized spacial score (nSPS) is 17.2. The van der Waals surface area contributed by atoms with Crippen LogP contribution in [0.5, 0.6) is 5.75 Å². The van der Waals surface area contributed by atoms with E-state index < -0.39 is 0 Å². The van der Waals surface area contributed by atoms with Gasteiger partial charge in [-0.05, 0) is 25.5 Å². The van der Waals surface area contributed by atoms with Crippen LogP contribution in [-0.2, 0) is 16.0 Å². The maximum atomic E-state index is 5.76. The number of aliphatic imine (C=N–C) groups is 1. The van der Waals surface area contributed by atoms with Crippen molar-refractivity contribution < 1.29 is 14.2 Å². The van der Waals surface area contributed by atoms with Gasteiger partial charge < -0.3 is 24.8 Å². The van der Waals surface area contributed by atoms with Crippen LogP contribution in [0, 0.1) is 6.92 Å². The summed E-state index contributed by atoms with van der Waals surface area (Å²) in [6.45, 7) is 7.56. The van der Waals surface area contributed by atoms with Gasteiger partial charge in [0.2, 0.25) is 0 Å². The second-order valence-electron chi connectivity index (χ2n) is 6.32. The third kappa shape index (κ3) is 5.61. The fraction of sp³-hybridized carbons (Fsp3) is 0.632. The maximum Gasteiger partial charge on any atom is 0.191 e. The number of nitrogens with one attached hydrogen (secondary N) is 2. The Bertz CT molecular complexity index is 569. The first-order chi connectivity index (χ1) is 12.1. The van der Waals surface area contributed by atoms with Crippen molar-refractivity contribution in [2.24, 2.45) is 4.99 Å². The largest absolute Gasteiger partial charge is 0.494 e. The molecule has 6 nitrogen and oxygen atoms in total. The molecule has 0 spiro atoms. The first-order valence-electron chi connectivity index (χ1n) is 8.92. The highest BCUT2D eigenvalue weighted by Crippen LogP contribution is 2.23. The van der Waals surface area contributed by atoms with Gasteiger partial charge in [0.1, 0.15) is 5.75 Å². The van der Waals surface area contributed by atoms with E-state index >= 15 is 0 Å². The summed E-state index contributed by atoms with van der Waals surface area (Å²) in [4.78, 5) is 4.31. The Balaban J connectivity index is 1.92. The van der Waals surface area contributed by atoms with E-state index in [0.717, 1.165) is 43.3 Å². The predicted molar refractivity (Wildman–Crippen MR) is 100 cm³/mol. The van der Waals surface area contributed by atoms with Crippen LogP contribution in [0.15, 0.2) is 23.2 Å². The molecule has 0 atom stereocenters. The van der Waals surface area contributed by atoms with Gasteiger partial charge in [0.25, 0.3) is 0 Å². The number of aryl methyl sites for hydroxylation is 1. The SMILES string of the molecule is CCOc1cc(C)ccc1CNC(=NC)NCC1(OC)CCOCC1. The van der Waals surface area contributed by atoms with Crippen LogP contribution >= 0.6 is 0 Å². The predicted octanol–water partition coefficient (Wildman–Crippen LogP) is 2.25. The van der Waals surface area contributed by atoms with Crippen molar-refractivity contribution in [3.8, 4) is 5.75 Å². The zero-order valence-electron chi connectivity index (χ0n) is 15.9. The minimum absolute atomic E-state index is 0.184. The summed E-state index contributed by atoms with van der Waals surface area (Å²) in [5, 5.41) is 6.74. The molecule has 0 bridgehead atoms. The summed E-state index contributed by atoms with van der Waals surface area (Å²) in [6, 6.07) is 6.26. The summed E-state index contributed by atoms with van der Waals surface area (Å²) in [6.07, 6.45) is 1.78. The number of hydrogen-bond donors (Lipinski definition) is 2. The lowest BCUT2D eigenvalue weighted by atomic mass is 9.94. The van der Waals surface area contributed by atoms with Gasteiger partial charge in [-0.3, -0.25) is 4.99 Å². The van der Waals surface area contributed by atoms with Gasteiger partial charge in [0.15, 0.2) is 5.96 Å². The molecular formula is C19H31N3O3. The summed E-state index contributed by atoms with van der Waals surface area (Å²) < 4.78 is 16.9. The molecule has 1 aromatic carbocycles. The second kappa shape index (κ2) is 9.63. The molecule has 0 amide bonds. The highest BCUT2D eigenvalue weighted by atomic mass is 16.5. The molecule has 6 heteroatoms. The van der Waals surface area contributed by atoms with E-state index in [4.69, 9.17) is 14.2 Å². The van der Waals surface area contributed by atoms with Gasteiger partial charge in [-0.25, -0.2) is 0 Å². The van der Waals surface area contributed by atoms with Crippen LogP contribution in [0.1, 0.15) is 30.9 Å². The summed E-state index contributed by atoms with van der Waals surface area (Å²) in [5.41, 5.74) is 2.12. The molecule has 0 unspecified atom stereocenters. The van der Waals surface area contributed by atoms with E-state index in [1.807, 2.05) is 6.92 Å². The average molecular weight is 349 g/mol. The molecule has 0 radical (unpaired) electrons. The van der Waals surface area contributed by atoms with E-state index in [1.54, 1.807) is 14.2 Å². The number of guanidine groups is 1.